The van der Waals surface area contributed by atoms with Crippen LogP contribution in [0.4, 0.5) is 0 Å². The number of hydrogen-bond acceptors (Lipinski definition) is 6. The SMILES string of the molecule is CCCn1ncnc1CC(NCC)c1snnc1C. The summed E-state index contributed by atoms with van der Waals surface area (Å²) in [5.74, 6) is 1.01. The lowest BCUT2D eigenvalue weighted by Gasteiger charge is -2.16. The molecule has 0 amide bonds. The Balaban J connectivity index is 2.17. The zero-order valence-electron chi connectivity index (χ0n) is 11.6. The van der Waals surface area contributed by atoms with E-state index in [1.54, 1.807) is 6.33 Å². The highest BCUT2D eigenvalue weighted by Gasteiger charge is 2.19. The fraction of sp³-hybridized carbons (Fsp3) is 0.667. The van der Waals surface area contributed by atoms with Crippen LogP contribution in [0.2, 0.25) is 0 Å². The smallest absolute Gasteiger partial charge is 0.138 e. The second-order valence-electron chi connectivity index (χ2n) is 4.44. The lowest BCUT2D eigenvalue weighted by Crippen LogP contribution is -2.24. The number of aromatic nitrogens is 5. The molecule has 1 N–H and O–H groups in total. The van der Waals surface area contributed by atoms with Crippen molar-refractivity contribution in [3.8, 4) is 0 Å². The van der Waals surface area contributed by atoms with E-state index in [2.05, 4.69) is 38.8 Å². The first-order valence-electron chi connectivity index (χ1n) is 6.65. The zero-order valence-corrected chi connectivity index (χ0v) is 12.4. The first-order valence-corrected chi connectivity index (χ1v) is 7.42. The molecule has 0 spiro atoms. The van der Waals surface area contributed by atoms with Gasteiger partial charge in [0.15, 0.2) is 0 Å². The monoisotopic (exact) mass is 280 g/mol. The van der Waals surface area contributed by atoms with Crippen molar-refractivity contribution >= 4 is 11.5 Å². The maximum Gasteiger partial charge on any atom is 0.138 e. The average Bonchev–Trinajstić information content (AvgIpc) is 2.99. The van der Waals surface area contributed by atoms with Crippen LogP contribution < -0.4 is 5.32 Å². The molecule has 2 aromatic rings. The van der Waals surface area contributed by atoms with Gasteiger partial charge in [0.05, 0.1) is 16.6 Å². The summed E-state index contributed by atoms with van der Waals surface area (Å²) < 4.78 is 6.00. The van der Waals surface area contributed by atoms with E-state index in [0.29, 0.717) is 0 Å². The molecular formula is C12H20N6S. The van der Waals surface area contributed by atoms with Gasteiger partial charge in [-0.05, 0) is 31.4 Å². The molecule has 0 radical (unpaired) electrons. The topological polar surface area (TPSA) is 68.5 Å². The Morgan fingerprint density at radius 3 is 2.89 bits per heavy atom. The summed E-state index contributed by atoms with van der Waals surface area (Å²) in [6, 6.07) is 0.213. The van der Waals surface area contributed by atoms with Crippen LogP contribution >= 0.6 is 11.5 Å². The minimum atomic E-state index is 0.213. The molecule has 2 heterocycles. The van der Waals surface area contributed by atoms with E-state index in [1.807, 2.05) is 11.6 Å². The molecule has 2 rings (SSSR count). The Hall–Kier alpha value is -1.34. The van der Waals surface area contributed by atoms with Crippen molar-refractivity contribution in [2.24, 2.45) is 0 Å². The van der Waals surface area contributed by atoms with Gasteiger partial charge in [-0.3, -0.25) is 4.68 Å². The molecule has 0 aromatic carbocycles. The van der Waals surface area contributed by atoms with Crippen molar-refractivity contribution < 1.29 is 0 Å². The minimum absolute atomic E-state index is 0.213. The third-order valence-corrected chi connectivity index (χ3v) is 3.91. The first-order chi connectivity index (χ1) is 9.26. The molecule has 0 aliphatic carbocycles. The summed E-state index contributed by atoms with van der Waals surface area (Å²) in [7, 11) is 0. The lowest BCUT2D eigenvalue weighted by molar-refractivity contribution is 0.501. The molecular weight excluding hydrogens is 260 g/mol. The predicted octanol–water partition coefficient (Wildman–Crippen LogP) is 1.74. The first kappa shape index (κ1) is 14.1. The molecule has 2 aromatic heterocycles. The standard InChI is InChI=1S/C12H20N6S/c1-4-6-18-11(14-8-15-18)7-10(13-5-2)12-9(3)16-17-19-12/h8,10,13H,4-7H2,1-3H3. The van der Waals surface area contributed by atoms with Crippen molar-refractivity contribution in [1.82, 2.24) is 29.7 Å². The second-order valence-corrected chi connectivity index (χ2v) is 5.22. The van der Waals surface area contributed by atoms with Crippen LogP contribution in [0, 0.1) is 6.92 Å². The molecule has 7 heteroatoms. The normalized spacial score (nSPS) is 12.8. The Bertz CT molecular complexity index is 506. The molecule has 6 nitrogen and oxygen atoms in total. The van der Waals surface area contributed by atoms with Gasteiger partial charge >= 0.3 is 0 Å². The summed E-state index contributed by atoms with van der Waals surface area (Å²) in [4.78, 5) is 5.56. The predicted molar refractivity (Wildman–Crippen MR) is 75.1 cm³/mol. The molecule has 1 unspecified atom stereocenters. The minimum Gasteiger partial charge on any atom is -0.309 e. The van der Waals surface area contributed by atoms with Crippen LogP contribution in [0.5, 0.6) is 0 Å². The van der Waals surface area contributed by atoms with Crippen molar-refractivity contribution in [2.45, 2.75) is 46.2 Å². The van der Waals surface area contributed by atoms with Gasteiger partial charge in [0, 0.05) is 13.0 Å². The fourth-order valence-electron chi connectivity index (χ4n) is 2.09. The van der Waals surface area contributed by atoms with E-state index >= 15 is 0 Å². The highest BCUT2D eigenvalue weighted by atomic mass is 32.1. The van der Waals surface area contributed by atoms with Gasteiger partial charge in [-0.1, -0.05) is 18.3 Å². The van der Waals surface area contributed by atoms with E-state index in [9.17, 15) is 0 Å². The molecule has 0 bridgehead atoms. The molecule has 1 atom stereocenters. The third-order valence-electron chi connectivity index (χ3n) is 2.97. The Labute approximate surface area is 117 Å². The van der Waals surface area contributed by atoms with E-state index in [-0.39, 0.29) is 6.04 Å². The number of rotatable bonds is 7. The molecule has 104 valence electrons. The Morgan fingerprint density at radius 1 is 1.42 bits per heavy atom. The fourth-order valence-corrected chi connectivity index (χ4v) is 2.81. The van der Waals surface area contributed by atoms with Crippen LogP contribution in [-0.2, 0) is 13.0 Å². The van der Waals surface area contributed by atoms with Gasteiger partial charge in [0.1, 0.15) is 12.2 Å². The van der Waals surface area contributed by atoms with Crippen molar-refractivity contribution in [1.29, 1.82) is 0 Å². The summed E-state index contributed by atoms with van der Waals surface area (Å²) in [6.07, 6.45) is 3.51. The summed E-state index contributed by atoms with van der Waals surface area (Å²) in [6.45, 7) is 8.07. The molecule has 0 aliphatic heterocycles. The number of hydrogen-bond donors (Lipinski definition) is 1. The maximum absolute atomic E-state index is 4.37. The second kappa shape index (κ2) is 6.72. The van der Waals surface area contributed by atoms with Crippen LogP contribution in [0.15, 0.2) is 6.33 Å². The van der Waals surface area contributed by atoms with Gasteiger partial charge in [-0.2, -0.15) is 5.10 Å². The highest BCUT2D eigenvalue weighted by molar-refractivity contribution is 7.05. The molecule has 0 saturated heterocycles. The number of nitrogens with one attached hydrogen (secondary N) is 1. The van der Waals surface area contributed by atoms with Crippen LogP contribution in [0.25, 0.3) is 0 Å². The lowest BCUT2D eigenvalue weighted by atomic mass is 10.1. The van der Waals surface area contributed by atoms with E-state index in [1.165, 1.54) is 16.4 Å². The average molecular weight is 280 g/mol. The van der Waals surface area contributed by atoms with Gasteiger partial charge in [0.25, 0.3) is 0 Å². The third kappa shape index (κ3) is 3.36. The zero-order chi connectivity index (χ0) is 13.7. The molecule has 0 saturated carbocycles. The van der Waals surface area contributed by atoms with E-state index < -0.39 is 0 Å². The van der Waals surface area contributed by atoms with Crippen LogP contribution in [-0.4, -0.2) is 30.9 Å². The van der Waals surface area contributed by atoms with Crippen LogP contribution in [0.3, 0.4) is 0 Å². The summed E-state index contributed by atoms with van der Waals surface area (Å²) >= 11 is 1.46. The van der Waals surface area contributed by atoms with Gasteiger partial charge in [0.2, 0.25) is 0 Å². The molecule has 0 fully saturated rings. The van der Waals surface area contributed by atoms with Gasteiger partial charge in [-0.25, -0.2) is 4.98 Å². The largest absolute Gasteiger partial charge is 0.309 e. The summed E-state index contributed by atoms with van der Waals surface area (Å²) in [5.41, 5.74) is 0.998. The van der Waals surface area contributed by atoms with E-state index in [4.69, 9.17) is 0 Å². The molecule has 0 aliphatic rings. The Kier molecular flexibility index (Phi) is 4.98. The molecule has 19 heavy (non-hydrogen) atoms. The van der Waals surface area contributed by atoms with Crippen molar-refractivity contribution in [3.63, 3.8) is 0 Å². The van der Waals surface area contributed by atoms with Crippen LogP contribution in [0.1, 0.15) is 42.7 Å². The summed E-state index contributed by atoms with van der Waals surface area (Å²) in [5, 5.41) is 11.8. The highest BCUT2D eigenvalue weighted by Crippen LogP contribution is 2.22. The maximum atomic E-state index is 4.37. The van der Waals surface area contributed by atoms with Gasteiger partial charge in [-0.15, -0.1) is 5.10 Å². The Morgan fingerprint density at radius 2 is 2.26 bits per heavy atom. The number of likely N-dealkylation sites (N-methyl/N-ethyl adjacent to an activating group) is 1. The van der Waals surface area contributed by atoms with E-state index in [0.717, 1.165) is 37.4 Å². The number of aryl methyl sites for hydroxylation is 2. The van der Waals surface area contributed by atoms with Crippen molar-refractivity contribution in [3.05, 3.63) is 22.7 Å². The number of nitrogens with zero attached hydrogens (tertiary/aromatic N) is 5. The quantitative estimate of drug-likeness (QED) is 0.836. The van der Waals surface area contributed by atoms with Gasteiger partial charge < -0.3 is 5.32 Å². The van der Waals surface area contributed by atoms with Crippen molar-refractivity contribution in [2.75, 3.05) is 6.54 Å².